The third-order valence-corrected chi connectivity index (χ3v) is 3.66. The van der Waals surface area contributed by atoms with Crippen LogP contribution in [-0.2, 0) is 9.59 Å². The van der Waals surface area contributed by atoms with Gasteiger partial charge in [0.15, 0.2) is 11.5 Å². The van der Waals surface area contributed by atoms with Crippen molar-refractivity contribution in [3.63, 3.8) is 0 Å². The fraction of sp³-hybridized carbons (Fsp3) is 0.200. The highest BCUT2D eigenvalue weighted by Crippen LogP contribution is 2.33. The summed E-state index contributed by atoms with van der Waals surface area (Å²) in [6.07, 6.45) is 2.55. The van der Waals surface area contributed by atoms with Gasteiger partial charge in [0.25, 0.3) is 0 Å². The average molecular weight is 390 g/mol. The van der Waals surface area contributed by atoms with E-state index in [1.54, 1.807) is 31.2 Å². The summed E-state index contributed by atoms with van der Waals surface area (Å²) in [4.78, 5) is 23.3. The lowest BCUT2D eigenvalue weighted by Crippen LogP contribution is -2.10. The van der Waals surface area contributed by atoms with Crippen LogP contribution in [-0.4, -0.2) is 25.5 Å². The normalized spacial score (nSPS) is 10.8. The van der Waals surface area contributed by atoms with Crippen LogP contribution in [0.25, 0.3) is 6.08 Å². The minimum absolute atomic E-state index is 0.132. The van der Waals surface area contributed by atoms with Gasteiger partial charge < -0.3 is 20.1 Å². The Morgan fingerprint density at radius 1 is 1.14 bits per heavy atom. The first-order chi connectivity index (χ1) is 13.3. The van der Waals surface area contributed by atoms with Gasteiger partial charge in [0, 0.05) is 29.9 Å². The predicted octanol–water partition coefficient (Wildman–Crippen LogP) is 4.22. The molecule has 0 aliphatic heterocycles. The minimum atomic E-state index is -3.03. The van der Waals surface area contributed by atoms with Gasteiger partial charge in [-0.3, -0.25) is 9.59 Å². The molecule has 6 nitrogen and oxygen atoms in total. The van der Waals surface area contributed by atoms with Crippen molar-refractivity contribution in [3.05, 3.63) is 53.6 Å². The smallest absolute Gasteiger partial charge is 0.387 e. The topological polar surface area (TPSA) is 76.7 Å². The van der Waals surface area contributed by atoms with Gasteiger partial charge in [-0.1, -0.05) is 12.1 Å². The van der Waals surface area contributed by atoms with Crippen molar-refractivity contribution < 1.29 is 27.8 Å². The molecule has 148 valence electrons. The lowest BCUT2D eigenvalue weighted by molar-refractivity contribution is -0.114. The molecule has 2 amide bonds. The molecule has 2 aromatic carbocycles. The zero-order chi connectivity index (χ0) is 20.7. The van der Waals surface area contributed by atoms with Crippen molar-refractivity contribution in [2.45, 2.75) is 20.5 Å². The molecule has 0 saturated heterocycles. The summed E-state index contributed by atoms with van der Waals surface area (Å²) in [6, 6.07) is 9.62. The summed E-state index contributed by atoms with van der Waals surface area (Å²) in [6.45, 7) is 0.174. The largest absolute Gasteiger partial charge is 0.493 e. The number of rotatable bonds is 7. The van der Waals surface area contributed by atoms with Gasteiger partial charge in [-0.2, -0.15) is 8.78 Å². The number of hydrogen-bond acceptors (Lipinski definition) is 4. The standard InChI is InChI=1S/C20H20F2N2O4/c1-12-11-15(8-9-16(12)23-13(2)25)24-18(26)10-7-14-5-4-6-17(27-3)19(14)28-20(21)22/h4-11,20H,1-3H3,(H,23,25)(H,24,26)/b10-7+. The van der Waals surface area contributed by atoms with Crippen molar-refractivity contribution in [1.82, 2.24) is 0 Å². The molecule has 0 atom stereocenters. The molecule has 28 heavy (non-hydrogen) atoms. The number of benzene rings is 2. The zero-order valence-electron chi connectivity index (χ0n) is 15.6. The van der Waals surface area contributed by atoms with Crippen LogP contribution >= 0.6 is 0 Å². The summed E-state index contributed by atoms with van der Waals surface area (Å²) < 4.78 is 34.8. The summed E-state index contributed by atoms with van der Waals surface area (Å²) in [5, 5.41) is 5.34. The van der Waals surface area contributed by atoms with Crippen LogP contribution in [0.1, 0.15) is 18.1 Å². The van der Waals surface area contributed by atoms with E-state index in [2.05, 4.69) is 15.4 Å². The number of halogens is 2. The molecule has 0 aliphatic rings. The van der Waals surface area contributed by atoms with E-state index >= 15 is 0 Å². The molecule has 2 aromatic rings. The van der Waals surface area contributed by atoms with Crippen LogP contribution in [0.4, 0.5) is 20.2 Å². The van der Waals surface area contributed by atoms with Gasteiger partial charge in [0.05, 0.1) is 7.11 Å². The molecule has 0 aromatic heterocycles. The number of anilines is 2. The lowest BCUT2D eigenvalue weighted by Gasteiger charge is -2.12. The Labute approximate surface area is 161 Å². The van der Waals surface area contributed by atoms with Gasteiger partial charge in [0.2, 0.25) is 11.8 Å². The second kappa shape index (κ2) is 9.50. The van der Waals surface area contributed by atoms with E-state index in [0.717, 1.165) is 5.56 Å². The predicted molar refractivity (Wildman–Crippen MR) is 103 cm³/mol. The van der Waals surface area contributed by atoms with E-state index < -0.39 is 12.5 Å². The number of amides is 2. The number of hydrogen-bond donors (Lipinski definition) is 2. The molecule has 8 heteroatoms. The molecule has 0 heterocycles. The van der Waals surface area contributed by atoms with E-state index in [1.807, 2.05) is 0 Å². The zero-order valence-corrected chi connectivity index (χ0v) is 15.6. The van der Waals surface area contributed by atoms with Crippen LogP contribution < -0.4 is 20.1 Å². The van der Waals surface area contributed by atoms with Crippen LogP contribution in [0.3, 0.4) is 0 Å². The highest BCUT2D eigenvalue weighted by atomic mass is 19.3. The molecule has 0 spiro atoms. The molecule has 0 aliphatic carbocycles. The number of alkyl halides is 2. The van der Waals surface area contributed by atoms with Gasteiger partial charge in [0.1, 0.15) is 0 Å². The van der Waals surface area contributed by atoms with Gasteiger partial charge in [-0.05, 0) is 42.8 Å². The molecule has 2 rings (SSSR count). The number of ether oxygens (including phenoxy) is 2. The molecular weight excluding hydrogens is 370 g/mol. The number of para-hydroxylation sites is 1. The van der Waals surface area contributed by atoms with Crippen LogP contribution in [0, 0.1) is 6.92 Å². The minimum Gasteiger partial charge on any atom is -0.493 e. The quantitative estimate of drug-likeness (QED) is 0.694. The Kier molecular flexibility index (Phi) is 7.08. The van der Waals surface area contributed by atoms with Crippen LogP contribution in [0.2, 0.25) is 0 Å². The fourth-order valence-electron chi connectivity index (χ4n) is 2.46. The number of aryl methyl sites for hydroxylation is 1. The average Bonchev–Trinajstić information content (AvgIpc) is 2.62. The Morgan fingerprint density at radius 2 is 1.89 bits per heavy atom. The summed E-state index contributed by atoms with van der Waals surface area (Å²) >= 11 is 0. The van der Waals surface area contributed by atoms with Crippen molar-refractivity contribution in [3.8, 4) is 11.5 Å². The summed E-state index contributed by atoms with van der Waals surface area (Å²) in [7, 11) is 1.33. The van der Waals surface area contributed by atoms with E-state index in [4.69, 9.17) is 4.74 Å². The maximum Gasteiger partial charge on any atom is 0.387 e. The highest BCUT2D eigenvalue weighted by molar-refractivity contribution is 6.02. The summed E-state index contributed by atoms with van der Waals surface area (Å²) in [5.41, 5.74) is 2.21. The second-order valence-electron chi connectivity index (χ2n) is 5.79. The van der Waals surface area contributed by atoms with Crippen molar-refractivity contribution in [2.75, 3.05) is 17.7 Å². The molecule has 0 saturated carbocycles. The molecule has 0 unspecified atom stereocenters. The maximum absolute atomic E-state index is 12.6. The summed E-state index contributed by atoms with van der Waals surface area (Å²) in [5.74, 6) is -0.674. The molecule has 0 bridgehead atoms. The number of carbonyl (C=O) groups excluding carboxylic acids is 2. The van der Waals surface area contributed by atoms with Crippen molar-refractivity contribution >= 4 is 29.3 Å². The van der Waals surface area contributed by atoms with E-state index in [1.165, 1.54) is 38.3 Å². The van der Waals surface area contributed by atoms with E-state index in [0.29, 0.717) is 11.4 Å². The first kappa shape index (κ1) is 20.9. The van der Waals surface area contributed by atoms with Crippen LogP contribution in [0.5, 0.6) is 11.5 Å². The number of nitrogens with one attached hydrogen (secondary N) is 2. The van der Waals surface area contributed by atoms with Crippen molar-refractivity contribution in [1.29, 1.82) is 0 Å². The van der Waals surface area contributed by atoms with E-state index in [-0.39, 0.29) is 23.0 Å². The molecule has 0 radical (unpaired) electrons. The monoisotopic (exact) mass is 390 g/mol. The van der Waals surface area contributed by atoms with E-state index in [9.17, 15) is 18.4 Å². The lowest BCUT2D eigenvalue weighted by atomic mass is 10.1. The maximum atomic E-state index is 12.6. The van der Waals surface area contributed by atoms with Gasteiger partial charge in [-0.15, -0.1) is 0 Å². The first-order valence-corrected chi connectivity index (χ1v) is 8.29. The number of carbonyl (C=O) groups is 2. The first-order valence-electron chi connectivity index (χ1n) is 8.29. The SMILES string of the molecule is COc1cccc(/C=C/C(=O)Nc2ccc(NC(C)=O)c(C)c2)c1OC(F)F. The molecular formula is C20H20F2N2O4. The fourth-order valence-corrected chi connectivity index (χ4v) is 2.46. The third-order valence-electron chi connectivity index (χ3n) is 3.66. The number of methoxy groups -OCH3 is 1. The third kappa shape index (κ3) is 5.80. The Hall–Kier alpha value is -3.42. The molecule has 2 N–H and O–H groups in total. The van der Waals surface area contributed by atoms with Gasteiger partial charge in [-0.25, -0.2) is 0 Å². The highest BCUT2D eigenvalue weighted by Gasteiger charge is 2.14. The molecule has 0 fully saturated rings. The second-order valence-corrected chi connectivity index (χ2v) is 5.79. The van der Waals surface area contributed by atoms with Crippen molar-refractivity contribution in [2.24, 2.45) is 0 Å². The van der Waals surface area contributed by atoms with Crippen LogP contribution in [0.15, 0.2) is 42.5 Å². The Morgan fingerprint density at radius 3 is 2.50 bits per heavy atom. The Bertz CT molecular complexity index is 898. The van der Waals surface area contributed by atoms with Gasteiger partial charge >= 0.3 is 6.61 Å². The Balaban J connectivity index is 2.14.